The molecule has 0 aliphatic heterocycles. The number of aromatic nitrogens is 2. The average Bonchev–Trinajstić information content (AvgIpc) is 2.87. The molecule has 2 aromatic carbocycles. The Morgan fingerprint density at radius 3 is 2.55 bits per heavy atom. The van der Waals surface area contributed by atoms with Gasteiger partial charge in [0.1, 0.15) is 0 Å². The van der Waals surface area contributed by atoms with Crippen LogP contribution in [0.2, 0.25) is 0 Å². The molecule has 102 valence electrons. The number of primary amides is 1. The van der Waals surface area contributed by atoms with Crippen LogP contribution in [0.5, 0.6) is 0 Å². The van der Waals surface area contributed by atoms with Gasteiger partial charge in [-0.05, 0) is 0 Å². The van der Waals surface area contributed by atoms with Crippen LogP contribution < -0.4 is 14.7 Å². The number of amides is 1. The number of nitrogens with two attached hydrogens (primary N) is 1. The molecular weight excluding hydrogens is 321 g/mol. The molecule has 0 unspecified atom stereocenters. The third-order valence-electron chi connectivity index (χ3n) is 2.37. The number of nitrogens with zero attached hydrogens (tertiary/aromatic N) is 1. The summed E-state index contributed by atoms with van der Waals surface area (Å²) in [4.78, 5) is 16.2. The molecule has 4 N–H and O–H groups in total. The molecule has 0 fully saturated rings. The summed E-state index contributed by atoms with van der Waals surface area (Å²) in [6.45, 7) is 0. The number of hydrogen-bond donors (Lipinski definition) is 3. The molecule has 5 nitrogen and oxygen atoms in total. The second kappa shape index (κ2) is 6.75. The van der Waals surface area contributed by atoms with Crippen molar-refractivity contribution < 1.29 is 9.90 Å². The second-order valence-corrected chi connectivity index (χ2v) is 6.24. The number of hydrogen-bond acceptors (Lipinski definition) is 2. The van der Waals surface area contributed by atoms with Gasteiger partial charge in [-0.25, -0.2) is 4.79 Å². The van der Waals surface area contributed by atoms with E-state index in [0.717, 1.165) is 11.0 Å². The van der Waals surface area contributed by atoms with Crippen LogP contribution >= 0.6 is 0 Å². The minimum atomic E-state index is -1.33. The van der Waals surface area contributed by atoms with Gasteiger partial charge in [-0.15, -0.1) is 0 Å². The maximum absolute atomic E-state index is 8.78. The Bertz CT molecular complexity index is 694. The van der Waals surface area contributed by atoms with Gasteiger partial charge in [-0.3, -0.25) is 0 Å². The molecule has 1 heterocycles. The number of carbonyl (C=O) groups is 1. The van der Waals surface area contributed by atoms with E-state index in [2.05, 4.69) is 64.2 Å². The zero-order chi connectivity index (χ0) is 14.4. The fraction of sp³-hybridized carbons (Fsp3) is 0. The van der Waals surface area contributed by atoms with Crippen molar-refractivity contribution in [1.29, 1.82) is 0 Å². The van der Waals surface area contributed by atoms with Gasteiger partial charge in [0.05, 0.1) is 0 Å². The molecule has 1 aromatic heterocycles. The molecule has 1 amide bonds. The van der Waals surface area contributed by atoms with Crippen LogP contribution in [0.4, 0.5) is 4.79 Å². The van der Waals surface area contributed by atoms with E-state index < -0.39 is 6.09 Å². The van der Waals surface area contributed by atoms with Gasteiger partial charge in [0.25, 0.3) is 0 Å². The number of aromatic amines is 1. The quantitative estimate of drug-likeness (QED) is 0.607. The van der Waals surface area contributed by atoms with Crippen molar-refractivity contribution >= 4 is 41.0 Å². The fourth-order valence-corrected chi connectivity index (χ4v) is 3.43. The summed E-state index contributed by atoms with van der Waals surface area (Å²) >= 11 is 0.369. The zero-order valence-electron chi connectivity index (χ0n) is 10.5. The summed E-state index contributed by atoms with van der Waals surface area (Å²) in [6, 6.07) is 17.0. The van der Waals surface area contributed by atoms with Gasteiger partial charge in [-0.2, -0.15) is 0 Å². The number of fused-ring (bicyclic) bond motifs is 1. The molecule has 0 spiro atoms. The number of H-pyrrole nitrogens is 1. The molecule has 0 aliphatic rings. The third-order valence-corrected chi connectivity index (χ3v) is 4.46. The van der Waals surface area contributed by atoms with Crippen LogP contribution in [-0.4, -0.2) is 36.1 Å². The summed E-state index contributed by atoms with van der Waals surface area (Å²) in [7, 11) is 0. The molecular formula is C14H13N3O2Se. The maximum atomic E-state index is 8.78. The first-order valence-corrected chi connectivity index (χ1v) is 7.51. The van der Waals surface area contributed by atoms with Gasteiger partial charge in [0.2, 0.25) is 0 Å². The van der Waals surface area contributed by atoms with E-state index >= 15 is 0 Å². The Kier molecular flexibility index (Phi) is 4.76. The van der Waals surface area contributed by atoms with Gasteiger partial charge in [0, 0.05) is 0 Å². The predicted molar refractivity (Wildman–Crippen MR) is 79.8 cm³/mol. The summed E-state index contributed by atoms with van der Waals surface area (Å²) < 4.78 is 2.75. The minimum absolute atomic E-state index is 0.369. The van der Waals surface area contributed by atoms with E-state index in [0.29, 0.717) is 15.0 Å². The van der Waals surface area contributed by atoms with Crippen molar-refractivity contribution in [1.82, 2.24) is 9.97 Å². The molecule has 20 heavy (non-hydrogen) atoms. The van der Waals surface area contributed by atoms with Crippen molar-refractivity contribution in [2.24, 2.45) is 5.73 Å². The van der Waals surface area contributed by atoms with Crippen LogP contribution in [0.1, 0.15) is 0 Å². The van der Waals surface area contributed by atoms with Gasteiger partial charge in [-0.1, -0.05) is 0 Å². The number of rotatable bonds is 2. The van der Waals surface area contributed by atoms with Crippen LogP contribution in [0.25, 0.3) is 11.0 Å². The van der Waals surface area contributed by atoms with E-state index in [1.807, 2.05) is 0 Å². The Morgan fingerprint density at radius 1 is 1.15 bits per heavy atom. The molecule has 0 bridgehead atoms. The first kappa shape index (κ1) is 14.1. The summed E-state index contributed by atoms with van der Waals surface area (Å²) in [5, 5.41) is 7.19. The third kappa shape index (κ3) is 4.12. The van der Waals surface area contributed by atoms with E-state index in [1.54, 1.807) is 6.33 Å². The Balaban J connectivity index is 0.000000328. The molecule has 0 aliphatic carbocycles. The SMILES string of the molecule is NC(=O)O.c1ccc([Se]c2ccc3[nH]cnc3c2)cc1. The van der Waals surface area contributed by atoms with Crippen molar-refractivity contribution in [3.8, 4) is 0 Å². The van der Waals surface area contributed by atoms with E-state index in [9.17, 15) is 0 Å². The summed E-state index contributed by atoms with van der Waals surface area (Å²) in [6.07, 6.45) is 0.407. The number of imidazole rings is 1. The van der Waals surface area contributed by atoms with Crippen LogP contribution in [0.15, 0.2) is 54.9 Å². The van der Waals surface area contributed by atoms with Crippen LogP contribution in [-0.2, 0) is 0 Å². The van der Waals surface area contributed by atoms with Gasteiger partial charge in [0.15, 0.2) is 0 Å². The Hall–Kier alpha value is -2.30. The topological polar surface area (TPSA) is 92.0 Å². The van der Waals surface area contributed by atoms with Crippen molar-refractivity contribution in [3.05, 3.63) is 54.9 Å². The molecule has 0 saturated carbocycles. The first-order valence-electron chi connectivity index (χ1n) is 5.79. The predicted octanol–water partition coefficient (Wildman–Crippen LogP) is 0.841. The molecule has 0 radical (unpaired) electrons. The zero-order valence-corrected chi connectivity index (χ0v) is 12.2. The molecule has 3 aromatic rings. The average molecular weight is 334 g/mol. The van der Waals surface area contributed by atoms with E-state index in [1.165, 1.54) is 8.92 Å². The second-order valence-electron chi connectivity index (χ2n) is 3.83. The number of benzene rings is 2. The summed E-state index contributed by atoms with van der Waals surface area (Å²) in [5.41, 5.74) is 6.18. The number of carboxylic acid groups (broad SMARTS) is 1. The van der Waals surface area contributed by atoms with Crippen molar-refractivity contribution in [2.45, 2.75) is 0 Å². The van der Waals surface area contributed by atoms with E-state index in [4.69, 9.17) is 9.90 Å². The van der Waals surface area contributed by atoms with Gasteiger partial charge >= 0.3 is 106 Å². The molecule has 0 saturated heterocycles. The van der Waals surface area contributed by atoms with Gasteiger partial charge < -0.3 is 10.8 Å². The molecule has 0 atom stereocenters. The van der Waals surface area contributed by atoms with Crippen molar-refractivity contribution in [3.63, 3.8) is 0 Å². The Labute approximate surface area is 122 Å². The number of nitrogens with one attached hydrogen (secondary N) is 1. The summed E-state index contributed by atoms with van der Waals surface area (Å²) in [5.74, 6) is 0. The monoisotopic (exact) mass is 335 g/mol. The standard InChI is InChI=1S/C13H10N2Se.CH3NO2/c1-2-4-10(5-3-1)16-11-6-7-12-13(8-11)15-9-14-12;2-1(3)4/h1-9H,(H,14,15);2H2,(H,3,4). The van der Waals surface area contributed by atoms with Crippen LogP contribution in [0, 0.1) is 0 Å². The normalized spacial score (nSPS) is 9.80. The fourth-order valence-electron chi connectivity index (χ4n) is 1.60. The molecule has 6 heteroatoms. The Morgan fingerprint density at radius 2 is 1.85 bits per heavy atom. The van der Waals surface area contributed by atoms with Crippen LogP contribution in [0.3, 0.4) is 0 Å². The van der Waals surface area contributed by atoms with Crippen molar-refractivity contribution in [2.75, 3.05) is 0 Å². The molecule has 3 rings (SSSR count). The first-order chi connectivity index (χ1) is 9.65. The van der Waals surface area contributed by atoms with E-state index in [-0.39, 0.29) is 0 Å².